The number of non-ortho nitro benzene ring substituents is 1. The number of hydrogen-bond donors (Lipinski definition) is 1. The van der Waals surface area contributed by atoms with Gasteiger partial charge in [-0.25, -0.2) is 0 Å². The van der Waals surface area contributed by atoms with Crippen LogP contribution in [0.25, 0.3) is 0 Å². The van der Waals surface area contributed by atoms with Gasteiger partial charge in [-0.2, -0.15) is 0 Å². The highest BCUT2D eigenvalue weighted by Gasteiger charge is 2.12. The minimum Gasteiger partial charge on any atom is -0.351 e. The van der Waals surface area contributed by atoms with E-state index in [4.69, 9.17) is 0 Å². The summed E-state index contributed by atoms with van der Waals surface area (Å²) in [4.78, 5) is 22.1. The highest BCUT2D eigenvalue weighted by molar-refractivity contribution is 9.09. The van der Waals surface area contributed by atoms with E-state index in [1.165, 1.54) is 24.3 Å². The second kappa shape index (κ2) is 7.23. The third kappa shape index (κ3) is 5.38. The zero-order chi connectivity index (χ0) is 14.4. The lowest BCUT2D eigenvalue weighted by Crippen LogP contribution is -2.30. The fourth-order valence-electron chi connectivity index (χ4n) is 1.63. The number of nitrogens with one attached hydrogen (secondary N) is 1. The summed E-state index contributed by atoms with van der Waals surface area (Å²) in [5.74, 6) is 0.337. The van der Waals surface area contributed by atoms with Crippen LogP contribution in [-0.2, 0) is 0 Å². The van der Waals surface area contributed by atoms with Crippen LogP contribution in [0, 0.1) is 16.0 Å². The van der Waals surface area contributed by atoms with Crippen LogP contribution >= 0.6 is 15.9 Å². The Hall–Kier alpha value is -1.43. The van der Waals surface area contributed by atoms with E-state index in [1.807, 2.05) is 0 Å². The molecular weight excluding hydrogens is 312 g/mol. The van der Waals surface area contributed by atoms with Gasteiger partial charge in [-0.1, -0.05) is 29.8 Å². The highest BCUT2D eigenvalue weighted by Crippen LogP contribution is 2.13. The lowest BCUT2D eigenvalue weighted by molar-refractivity contribution is -0.384. The molecule has 0 aliphatic heterocycles. The summed E-state index contributed by atoms with van der Waals surface area (Å²) in [5.41, 5.74) is 0.407. The summed E-state index contributed by atoms with van der Waals surface area (Å²) in [6.07, 6.45) is 0.973. The van der Waals surface area contributed by atoms with Gasteiger partial charge in [-0.05, 0) is 24.5 Å². The van der Waals surface area contributed by atoms with Crippen LogP contribution in [0.4, 0.5) is 5.69 Å². The Morgan fingerprint density at radius 3 is 2.42 bits per heavy atom. The van der Waals surface area contributed by atoms with E-state index in [0.717, 1.165) is 6.42 Å². The van der Waals surface area contributed by atoms with Gasteiger partial charge >= 0.3 is 0 Å². The van der Waals surface area contributed by atoms with Gasteiger partial charge in [0, 0.05) is 29.1 Å². The van der Waals surface area contributed by atoms with Crippen molar-refractivity contribution >= 4 is 27.5 Å². The van der Waals surface area contributed by atoms with Crippen LogP contribution < -0.4 is 5.32 Å². The minimum absolute atomic E-state index is 0.0188. The van der Waals surface area contributed by atoms with E-state index < -0.39 is 4.92 Å². The van der Waals surface area contributed by atoms with Crippen LogP contribution in [0.2, 0.25) is 0 Å². The number of alkyl halides is 1. The Balaban J connectivity index is 2.52. The SMILES string of the molecule is CC(C)CC(Br)CNC(=O)c1ccc([N+](=O)[O-])cc1. The van der Waals surface area contributed by atoms with Gasteiger partial charge < -0.3 is 5.32 Å². The highest BCUT2D eigenvalue weighted by atomic mass is 79.9. The molecule has 1 aromatic carbocycles. The van der Waals surface area contributed by atoms with Crippen molar-refractivity contribution in [3.63, 3.8) is 0 Å². The second-order valence-electron chi connectivity index (χ2n) is 4.74. The van der Waals surface area contributed by atoms with Gasteiger partial charge in [0.15, 0.2) is 0 Å². The summed E-state index contributed by atoms with van der Waals surface area (Å²) in [5, 5.41) is 13.3. The molecule has 5 nitrogen and oxygen atoms in total. The Kier molecular flexibility index (Phi) is 5.95. The third-order valence-corrected chi connectivity index (χ3v) is 3.25. The van der Waals surface area contributed by atoms with Crippen LogP contribution in [0.5, 0.6) is 0 Å². The van der Waals surface area contributed by atoms with Crippen LogP contribution in [0.15, 0.2) is 24.3 Å². The maximum Gasteiger partial charge on any atom is 0.269 e. The molecule has 19 heavy (non-hydrogen) atoms. The Bertz CT molecular complexity index is 446. The largest absolute Gasteiger partial charge is 0.351 e. The summed E-state index contributed by atoms with van der Waals surface area (Å²) < 4.78 is 0. The molecule has 1 amide bonds. The van der Waals surface area contributed by atoms with E-state index in [0.29, 0.717) is 18.0 Å². The van der Waals surface area contributed by atoms with Crippen molar-refractivity contribution in [3.8, 4) is 0 Å². The van der Waals surface area contributed by atoms with Crippen LogP contribution in [0.3, 0.4) is 0 Å². The molecule has 1 aromatic rings. The molecule has 1 atom stereocenters. The molecule has 1 unspecified atom stereocenters. The lowest BCUT2D eigenvalue weighted by atomic mass is 10.1. The fourth-order valence-corrected chi connectivity index (χ4v) is 2.54. The number of rotatable bonds is 6. The number of halogens is 1. The van der Waals surface area contributed by atoms with Gasteiger partial charge in [0.1, 0.15) is 0 Å². The number of carbonyl (C=O) groups is 1. The summed E-state index contributed by atoms with van der Waals surface area (Å²) in [7, 11) is 0. The zero-order valence-electron chi connectivity index (χ0n) is 10.9. The molecule has 1 N–H and O–H groups in total. The van der Waals surface area contributed by atoms with Crippen molar-refractivity contribution in [2.45, 2.75) is 25.1 Å². The van der Waals surface area contributed by atoms with Crippen molar-refractivity contribution in [1.29, 1.82) is 0 Å². The van der Waals surface area contributed by atoms with E-state index >= 15 is 0 Å². The maximum absolute atomic E-state index is 11.8. The number of carbonyl (C=O) groups excluding carboxylic acids is 1. The summed E-state index contributed by atoms with van der Waals surface area (Å²) in [6.45, 7) is 4.77. The summed E-state index contributed by atoms with van der Waals surface area (Å²) >= 11 is 3.51. The van der Waals surface area contributed by atoms with E-state index in [9.17, 15) is 14.9 Å². The number of nitro groups is 1. The molecule has 0 aromatic heterocycles. The average molecular weight is 329 g/mol. The van der Waals surface area contributed by atoms with Crippen molar-refractivity contribution in [3.05, 3.63) is 39.9 Å². The van der Waals surface area contributed by atoms with Crippen molar-refractivity contribution in [2.75, 3.05) is 6.54 Å². The molecule has 0 saturated carbocycles. The molecular formula is C13H17BrN2O3. The monoisotopic (exact) mass is 328 g/mol. The molecule has 0 radical (unpaired) electrons. The van der Waals surface area contributed by atoms with Crippen molar-refractivity contribution in [2.24, 2.45) is 5.92 Å². The quantitative estimate of drug-likeness (QED) is 0.495. The normalized spacial score (nSPS) is 12.2. The van der Waals surface area contributed by atoms with Crippen LogP contribution in [0.1, 0.15) is 30.6 Å². The van der Waals surface area contributed by atoms with Gasteiger partial charge in [-0.3, -0.25) is 14.9 Å². The standard InChI is InChI=1S/C13H17BrN2O3/c1-9(2)7-11(14)8-15-13(17)10-3-5-12(6-4-10)16(18)19/h3-6,9,11H,7-8H2,1-2H3,(H,15,17). The second-order valence-corrected chi connectivity index (χ2v) is 6.04. The zero-order valence-corrected chi connectivity index (χ0v) is 12.5. The minimum atomic E-state index is -0.487. The maximum atomic E-state index is 11.8. The van der Waals surface area contributed by atoms with Crippen molar-refractivity contribution in [1.82, 2.24) is 5.32 Å². The topological polar surface area (TPSA) is 72.2 Å². The molecule has 1 rings (SSSR count). The predicted molar refractivity (Wildman–Crippen MR) is 77.6 cm³/mol. The first kappa shape index (κ1) is 15.6. The molecule has 0 spiro atoms. The molecule has 6 heteroatoms. The number of nitro benzene ring substituents is 1. The fraction of sp³-hybridized carbons (Fsp3) is 0.462. The van der Waals surface area contributed by atoms with E-state index in [-0.39, 0.29) is 16.4 Å². The Morgan fingerprint density at radius 1 is 1.37 bits per heavy atom. The Labute approximate surface area is 120 Å². The molecule has 0 aliphatic rings. The lowest BCUT2D eigenvalue weighted by Gasteiger charge is -2.13. The average Bonchev–Trinajstić information content (AvgIpc) is 2.35. The van der Waals surface area contributed by atoms with E-state index in [2.05, 4.69) is 35.1 Å². The first-order valence-electron chi connectivity index (χ1n) is 6.07. The number of benzene rings is 1. The molecule has 0 bridgehead atoms. The number of amides is 1. The Morgan fingerprint density at radius 2 is 1.95 bits per heavy atom. The summed E-state index contributed by atoms with van der Waals surface area (Å²) in [6, 6.07) is 5.57. The van der Waals surface area contributed by atoms with Crippen LogP contribution in [-0.4, -0.2) is 22.2 Å². The predicted octanol–water partition coefficient (Wildman–Crippen LogP) is 3.13. The number of nitrogens with zero attached hydrogens (tertiary/aromatic N) is 1. The third-order valence-electron chi connectivity index (χ3n) is 2.55. The molecule has 0 saturated heterocycles. The smallest absolute Gasteiger partial charge is 0.269 e. The van der Waals surface area contributed by atoms with Gasteiger partial charge in [0.2, 0.25) is 0 Å². The first-order valence-corrected chi connectivity index (χ1v) is 6.98. The van der Waals surface area contributed by atoms with E-state index in [1.54, 1.807) is 0 Å². The first-order chi connectivity index (χ1) is 8.90. The van der Waals surface area contributed by atoms with Gasteiger partial charge in [0.05, 0.1) is 4.92 Å². The molecule has 0 fully saturated rings. The number of hydrogen-bond acceptors (Lipinski definition) is 3. The van der Waals surface area contributed by atoms with Gasteiger partial charge in [0.25, 0.3) is 11.6 Å². The molecule has 0 heterocycles. The molecule has 104 valence electrons. The molecule has 0 aliphatic carbocycles. The van der Waals surface area contributed by atoms with Gasteiger partial charge in [-0.15, -0.1) is 0 Å². The van der Waals surface area contributed by atoms with Crippen molar-refractivity contribution < 1.29 is 9.72 Å².